The molecule has 0 amide bonds. The van der Waals surface area contributed by atoms with Crippen molar-refractivity contribution in [3.8, 4) is 17.2 Å². The summed E-state index contributed by atoms with van der Waals surface area (Å²) in [6.45, 7) is 3.39. The summed E-state index contributed by atoms with van der Waals surface area (Å²) in [7, 11) is 2.90. The fourth-order valence-electron chi connectivity index (χ4n) is 4.18. The number of carbonyl (C=O) groups excluding carboxylic acids is 1. The van der Waals surface area contributed by atoms with Gasteiger partial charge in [-0.25, -0.2) is 0 Å². The van der Waals surface area contributed by atoms with E-state index in [9.17, 15) is 18.0 Å². The molecule has 0 N–H and O–H groups in total. The largest absolute Gasteiger partial charge is 0.493 e. The van der Waals surface area contributed by atoms with Crippen LogP contribution in [-0.2, 0) is 20.4 Å². The van der Waals surface area contributed by atoms with E-state index < -0.39 is 36.6 Å². The quantitative estimate of drug-likeness (QED) is 0.399. The number of alkyl halides is 3. The molecule has 0 fully saturated rings. The fourth-order valence-corrected chi connectivity index (χ4v) is 4.35. The van der Waals surface area contributed by atoms with Gasteiger partial charge in [-0.3, -0.25) is 9.36 Å². The Hall–Kier alpha value is -3.31. The number of carbonyl (C=O) groups is 1. The molecule has 1 aliphatic heterocycles. The van der Waals surface area contributed by atoms with Crippen molar-refractivity contribution in [1.29, 1.82) is 0 Å². The summed E-state index contributed by atoms with van der Waals surface area (Å²) in [5, 5.41) is 7.52. The Morgan fingerprint density at radius 2 is 1.92 bits per heavy atom. The fraction of sp³-hybridized carbons (Fsp3) is 0.375. The van der Waals surface area contributed by atoms with Crippen LogP contribution < -0.4 is 9.47 Å². The lowest BCUT2D eigenvalue weighted by Gasteiger charge is -2.25. The molecule has 4 rings (SSSR count). The molecule has 0 radical (unpaired) electrons. The van der Waals surface area contributed by atoms with Gasteiger partial charge in [-0.05, 0) is 37.6 Å². The maximum absolute atomic E-state index is 14.0. The number of rotatable bonds is 6. The van der Waals surface area contributed by atoms with Gasteiger partial charge in [0, 0.05) is 16.1 Å². The Kier molecular flexibility index (Phi) is 7.14. The van der Waals surface area contributed by atoms with Crippen LogP contribution in [0.5, 0.6) is 11.5 Å². The molecule has 0 saturated carbocycles. The molecular weight excluding hydrogens is 503 g/mol. The zero-order valence-electron chi connectivity index (χ0n) is 19.9. The molecule has 2 heterocycles. The Bertz CT molecular complexity index is 1290. The van der Waals surface area contributed by atoms with Gasteiger partial charge in [0.1, 0.15) is 12.2 Å². The third-order valence-corrected chi connectivity index (χ3v) is 6.14. The van der Waals surface area contributed by atoms with Crippen LogP contribution in [-0.4, -0.2) is 41.6 Å². The van der Waals surface area contributed by atoms with Crippen molar-refractivity contribution in [2.45, 2.75) is 38.7 Å². The molecular formula is C24H23ClF3N3O5. The van der Waals surface area contributed by atoms with Gasteiger partial charge < -0.3 is 18.9 Å². The summed E-state index contributed by atoms with van der Waals surface area (Å²) in [4.78, 5) is 12.4. The van der Waals surface area contributed by atoms with Crippen molar-refractivity contribution in [3.63, 3.8) is 0 Å². The number of para-hydroxylation sites is 1. The SMILES string of the molecule is CCOC(=O)C[C@H]1O[C@H](c2cccc(OC)c2OC)c2cc(Cl)c(C)cc2-n2c1nnc2C(F)(F)F. The van der Waals surface area contributed by atoms with Crippen molar-refractivity contribution in [2.24, 2.45) is 0 Å². The average Bonchev–Trinajstić information content (AvgIpc) is 3.24. The first-order valence-electron chi connectivity index (χ1n) is 11.0. The zero-order chi connectivity index (χ0) is 26.2. The summed E-state index contributed by atoms with van der Waals surface area (Å²) >= 11 is 6.43. The summed E-state index contributed by atoms with van der Waals surface area (Å²) in [6.07, 6.45) is -7.48. The maximum atomic E-state index is 14.0. The van der Waals surface area contributed by atoms with Gasteiger partial charge in [0.15, 0.2) is 17.3 Å². The Balaban J connectivity index is 2.03. The van der Waals surface area contributed by atoms with E-state index in [1.807, 2.05) is 0 Å². The smallest absolute Gasteiger partial charge is 0.452 e. The first-order chi connectivity index (χ1) is 17.1. The van der Waals surface area contributed by atoms with Crippen molar-refractivity contribution in [1.82, 2.24) is 14.8 Å². The number of aromatic nitrogens is 3. The highest BCUT2D eigenvalue weighted by atomic mass is 35.5. The third-order valence-electron chi connectivity index (χ3n) is 5.73. The normalized spacial score (nSPS) is 17.1. The molecule has 3 aromatic rings. The molecule has 192 valence electrons. The summed E-state index contributed by atoms with van der Waals surface area (Å²) < 4.78 is 65.4. The standard InChI is InChI=1S/C24H23ClF3N3O5/c1-5-35-19(32)11-18-22-29-30-23(24(26,27)28)31(22)16-9-12(2)15(25)10-14(16)20(36-18)13-7-6-8-17(33-3)21(13)34-4/h6-10,18,20H,5,11H2,1-4H3/t18-,20-/m1/s1. The van der Waals surface area contributed by atoms with Crippen molar-refractivity contribution in [3.05, 3.63) is 63.7 Å². The lowest BCUT2D eigenvalue weighted by molar-refractivity contribution is -0.147. The van der Waals surface area contributed by atoms with E-state index in [1.165, 1.54) is 26.4 Å². The molecule has 0 bridgehead atoms. The number of esters is 1. The zero-order valence-corrected chi connectivity index (χ0v) is 20.6. The summed E-state index contributed by atoms with van der Waals surface area (Å²) in [6, 6.07) is 8.11. The van der Waals surface area contributed by atoms with Gasteiger partial charge in [-0.2, -0.15) is 13.2 Å². The van der Waals surface area contributed by atoms with Crippen LogP contribution in [0.1, 0.15) is 53.9 Å². The molecule has 8 nitrogen and oxygen atoms in total. The molecule has 0 spiro atoms. The van der Waals surface area contributed by atoms with Crippen LogP contribution in [0.4, 0.5) is 13.2 Å². The van der Waals surface area contributed by atoms with Gasteiger partial charge in [0.05, 0.1) is 32.9 Å². The predicted molar refractivity (Wildman–Crippen MR) is 123 cm³/mol. The Morgan fingerprint density at radius 3 is 2.56 bits per heavy atom. The molecule has 36 heavy (non-hydrogen) atoms. The molecule has 0 saturated heterocycles. The number of ether oxygens (including phenoxy) is 4. The van der Waals surface area contributed by atoms with Gasteiger partial charge in [0.2, 0.25) is 5.82 Å². The molecule has 2 atom stereocenters. The maximum Gasteiger partial charge on any atom is 0.452 e. The van der Waals surface area contributed by atoms with E-state index in [0.717, 1.165) is 4.57 Å². The van der Waals surface area contributed by atoms with Crippen LogP contribution >= 0.6 is 11.6 Å². The van der Waals surface area contributed by atoms with Crippen LogP contribution in [0.15, 0.2) is 30.3 Å². The van der Waals surface area contributed by atoms with Crippen molar-refractivity contribution < 1.29 is 36.9 Å². The van der Waals surface area contributed by atoms with Crippen LogP contribution in [0.25, 0.3) is 5.69 Å². The third kappa shape index (κ3) is 4.60. The van der Waals surface area contributed by atoms with E-state index in [1.54, 1.807) is 32.0 Å². The molecule has 0 aliphatic carbocycles. The van der Waals surface area contributed by atoms with Crippen LogP contribution in [0.2, 0.25) is 5.02 Å². The van der Waals surface area contributed by atoms with Crippen molar-refractivity contribution >= 4 is 17.6 Å². The lowest BCUT2D eigenvalue weighted by Crippen LogP contribution is -2.18. The van der Waals surface area contributed by atoms with Crippen LogP contribution in [0, 0.1) is 6.92 Å². The summed E-state index contributed by atoms with van der Waals surface area (Å²) in [5.41, 5.74) is 1.41. The van der Waals surface area contributed by atoms with Gasteiger partial charge >= 0.3 is 12.1 Å². The number of nitrogens with zero attached hydrogens (tertiary/aromatic N) is 3. The number of fused-ring (bicyclic) bond motifs is 3. The van der Waals surface area contributed by atoms with Gasteiger partial charge in [-0.15, -0.1) is 10.2 Å². The number of benzene rings is 2. The van der Waals surface area contributed by atoms with E-state index in [4.69, 9.17) is 30.5 Å². The van der Waals surface area contributed by atoms with Gasteiger partial charge in [-0.1, -0.05) is 23.7 Å². The number of aryl methyl sites for hydroxylation is 1. The van der Waals surface area contributed by atoms with Gasteiger partial charge in [0.25, 0.3) is 0 Å². The topological polar surface area (TPSA) is 84.7 Å². The summed E-state index contributed by atoms with van der Waals surface area (Å²) in [5.74, 6) is -1.41. The van der Waals surface area contributed by atoms with E-state index in [-0.39, 0.29) is 18.1 Å². The second kappa shape index (κ2) is 9.98. The van der Waals surface area contributed by atoms with E-state index in [2.05, 4.69) is 10.2 Å². The minimum Gasteiger partial charge on any atom is -0.493 e. The minimum absolute atomic E-state index is 0.0915. The first-order valence-corrected chi connectivity index (χ1v) is 11.3. The number of halogens is 4. The molecule has 1 aliphatic rings. The van der Waals surface area contributed by atoms with Crippen LogP contribution in [0.3, 0.4) is 0 Å². The Labute approximate surface area is 209 Å². The second-order valence-corrected chi connectivity index (χ2v) is 8.38. The highest BCUT2D eigenvalue weighted by Gasteiger charge is 2.44. The number of hydrogen-bond acceptors (Lipinski definition) is 7. The van der Waals surface area contributed by atoms with E-state index in [0.29, 0.717) is 33.2 Å². The first kappa shape index (κ1) is 25.8. The molecule has 12 heteroatoms. The lowest BCUT2D eigenvalue weighted by atomic mass is 9.97. The van der Waals surface area contributed by atoms with E-state index >= 15 is 0 Å². The number of hydrogen-bond donors (Lipinski definition) is 0. The monoisotopic (exact) mass is 525 g/mol. The molecule has 2 aromatic carbocycles. The number of methoxy groups -OCH3 is 2. The highest BCUT2D eigenvalue weighted by Crippen LogP contribution is 2.47. The minimum atomic E-state index is -4.84. The molecule has 0 unspecified atom stereocenters. The van der Waals surface area contributed by atoms with Crippen molar-refractivity contribution in [2.75, 3.05) is 20.8 Å². The second-order valence-electron chi connectivity index (χ2n) is 7.97. The average molecular weight is 526 g/mol. The molecule has 1 aromatic heterocycles. The highest BCUT2D eigenvalue weighted by molar-refractivity contribution is 6.31. The predicted octanol–water partition coefficient (Wildman–Crippen LogP) is 5.38. The Morgan fingerprint density at radius 1 is 1.17 bits per heavy atom.